The topological polar surface area (TPSA) is 40.5 Å². The summed E-state index contributed by atoms with van der Waals surface area (Å²) in [6.45, 7) is 3.32. The van der Waals surface area contributed by atoms with Gasteiger partial charge in [0.1, 0.15) is 0 Å². The molecule has 0 aliphatic rings. The van der Waals surface area contributed by atoms with E-state index in [2.05, 4.69) is 9.69 Å². The van der Waals surface area contributed by atoms with Crippen molar-refractivity contribution in [1.82, 2.24) is 0 Å². The molecule has 10 heavy (non-hydrogen) atoms. The Kier molecular flexibility index (Phi) is 21.3. The van der Waals surface area contributed by atoms with E-state index in [1.165, 1.54) is 0 Å². The van der Waals surface area contributed by atoms with Gasteiger partial charge in [0.2, 0.25) is 0 Å². The van der Waals surface area contributed by atoms with Crippen molar-refractivity contribution in [2.24, 2.45) is 0 Å². The van der Waals surface area contributed by atoms with Crippen molar-refractivity contribution >= 4 is 9.69 Å². The second-order valence-electron chi connectivity index (χ2n) is 1.93. The van der Waals surface area contributed by atoms with Crippen LogP contribution in [0.25, 0.3) is 0 Å². The molecule has 0 spiro atoms. The van der Waals surface area contributed by atoms with Crippen LogP contribution in [-0.4, -0.2) is 22.4 Å². The van der Waals surface area contributed by atoms with E-state index in [0.717, 1.165) is 0 Å². The summed E-state index contributed by atoms with van der Waals surface area (Å²) in [5, 5.41) is 17.1. The second kappa shape index (κ2) is 12.5. The fourth-order valence-electron chi connectivity index (χ4n) is 0.494. The Bertz CT molecular complexity index is 45.0. The van der Waals surface area contributed by atoms with Gasteiger partial charge in [-0.05, 0) is 20.3 Å². The zero-order chi connectivity index (χ0) is 7.86. The molecule has 2 atom stereocenters. The van der Waals surface area contributed by atoms with Crippen LogP contribution >= 0.6 is 9.69 Å². The first-order valence-electron chi connectivity index (χ1n) is 2.62. The Morgan fingerprint density at radius 1 is 1.20 bits per heavy atom. The molecule has 0 radical (unpaired) electrons. The quantitative estimate of drug-likeness (QED) is 0.576. The predicted octanol–water partition coefficient (Wildman–Crippen LogP) is 1.28. The number of hydrogen-bond donors (Lipinski definition) is 2. The summed E-state index contributed by atoms with van der Waals surface area (Å²) < 4.78 is 0. The molecular weight excluding hydrogens is 241 g/mol. The molecule has 2 unspecified atom stereocenters. The van der Waals surface area contributed by atoms with Crippen molar-refractivity contribution in [2.45, 2.75) is 32.5 Å². The van der Waals surface area contributed by atoms with Crippen molar-refractivity contribution in [3.8, 4) is 0 Å². The molecule has 2 nitrogen and oxygen atoms in total. The molecule has 0 saturated heterocycles. The molecule has 0 amide bonds. The number of aliphatic hydroxyl groups excluding tert-OH is 2. The van der Waals surface area contributed by atoms with Gasteiger partial charge in [-0.3, -0.25) is 0 Å². The molecule has 66 valence electrons. The Morgan fingerprint density at radius 3 is 1.40 bits per heavy atom. The number of aliphatic hydroxyl groups is 2. The number of halogens is 1. The summed E-state index contributed by atoms with van der Waals surface area (Å²) in [4.78, 5) is 0. The SMILES string of the molecule is CC(O)CC(C)O.[CH3-].[Cl][Ru+]. The van der Waals surface area contributed by atoms with E-state index in [0.29, 0.717) is 6.42 Å². The molecule has 4 heteroatoms. The van der Waals surface area contributed by atoms with Gasteiger partial charge in [-0.1, -0.05) is 0 Å². The van der Waals surface area contributed by atoms with Crippen molar-refractivity contribution in [1.29, 1.82) is 0 Å². The van der Waals surface area contributed by atoms with Gasteiger partial charge in [0.05, 0.1) is 12.2 Å². The summed E-state index contributed by atoms with van der Waals surface area (Å²) in [5.41, 5.74) is 0. The third-order valence-electron chi connectivity index (χ3n) is 0.682. The Hall–Kier alpha value is 0.833. The first kappa shape index (κ1) is 17.1. The maximum atomic E-state index is 8.56. The predicted molar refractivity (Wildman–Crippen MR) is 40.2 cm³/mol. The minimum atomic E-state index is -0.375. The van der Waals surface area contributed by atoms with Gasteiger partial charge in [0.25, 0.3) is 0 Å². The molecule has 0 aromatic heterocycles. The summed E-state index contributed by atoms with van der Waals surface area (Å²) >= 11 is 1.82. The fourth-order valence-corrected chi connectivity index (χ4v) is 0.494. The normalized spacial score (nSPS) is 13.8. The minimum absolute atomic E-state index is 0. The summed E-state index contributed by atoms with van der Waals surface area (Å²) in [6, 6.07) is 0. The first-order chi connectivity index (χ1) is 4.13. The zero-order valence-electron chi connectivity index (χ0n) is 6.49. The van der Waals surface area contributed by atoms with Gasteiger partial charge in [0, 0.05) is 0 Å². The van der Waals surface area contributed by atoms with E-state index < -0.39 is 0 Å². The van der Waals surface area contributed by atoms with E-state index in [1.807, 2.05) is 17.3 Å². The van der Waals surface area contributed by atoms with E-state index >= 15 is 0 Å². The summed E-state index contributed by atoms with van der Waals surface area (Å²) in [7, 11) is 4.57. The Morgan fingerprint density at radius 2 is 1.40 bits per heavy atom. The number of rotatable bonds is 2. The standard InChI is InChI=1S/C5H12O2.CH3.ClH.Ru/c1-4(6)3-5(2)7;;;/h4-7H,3H2,1-2H3;1H3;1H;/q;-1;;+2/p-1. The van der Waals surface area contributed by atoms with Crippen LogP contribution in [0.4, 0.5) is 0 Å². The van der Waals surface area contributed by atoms with Gasteiger partial charge in [0.15, 0.2) is 0 Å². The maximum absolute atomic E-state index is 8.56. The molecule has 0 fully saturated rings. The van der Waals surface area contributed by atoms with E-state index in [4.69, 9.17) is 10.2 Å². The van der Waals surface area contributed by atoms with Gasteiger partial charge in [-0.2, -0.15) is 0 Å². The summed E-state index contributed by atoms with van der Waals surface area (Å²) in [5.74, 6) is 0. The monoisotopic (exact) mass is 256 g/mol. The van der Waals surface area contributed by atoms with Gasteiger partial charge in [-0.25, -0.2) is 0 Å². The molecule has 0 bridgehead atoms. The summed E-state index contributed by atoms with van der Waals surface area (Å²) in [6.07, 6.45) is -0.278. The average Bonchev–Trinajstić information content (AvgIpc) is 1.68. The Balaban J connectivity index is -0.000000149. The van der Waals surface area contributed by atoms with Crippen LogP contribution < -0.4 is 0 Å². The van der Waals surface area contributed by atoms with Crippen molar-refractivity contribution < 1.29 is 27.5 Å². The van der Waals surface area contributed by atoms with E-state index in [1.54, 1.807) is 13.8 Å². The van der Waals surface area contributed by atoms with Gasteiger partial charge >= 0.3 is 27.0 Å². The Labute approximate surface area is 77.3 Å². The van der Waals surface area contributed by atoms with Crippen LogP contribution in [0, 0.1) is 7.43 Å². The van der Waals surface area contributed by atoms with Gasteiger partial charge < -0.3 is 17.6 Å². The van der Waals surface area contributed by atoms with Crippen molar-refractivity contribution in [3.63, 3.8) is 0 Å². The molecule has 0 aromatic rings. The van der Waals surface area contributed by atoms with Crippen molar-refractivity contribution in [3.05, 3.63) is 7.43 Å². The molecule has 0 saturated carbocycles. The molecular formula is C6H15ClO2Ru. The van der Waals surface area contributed by atoms with E-state index in [-0.39, 0.29) is 19.6 Å². The van der Waals surface area contributed by atoms with E-state index in [9.17, 15) is 0 Å². The molecule has 2 N–H and O–H groups in total. The van der Waals surface area contributed by atoms with Crippen LogP contribution in [-0.2, 0) is 17.3 Å². The van der Waals surface area contributed by atoms with Crippen LogP contribution in [0.2, 0.25) is 0 Å². The molecule has 0 aliphatic heterocycles. The van der Waals surface area contributed by atoms with Crippen LogP contribution in [0.5, 0.6) is 0 Å². The van der Waals surface area contributed by atoms with Crippen LogP contribution in [0.3, 0.4) is 0 Å². The van der Waals surface area contributed by atoms with Crippen LogP contribution in [0.15, 0.2) is 0 Å². The fraction of sp³-hybridized carbons (Fsp3) is 0.833. The average molecular weight is 256 g/mol. The molecule has 0 aromatic carbocycles. The third-order valence-corrected chi connectivity index (χ3v) is 0.682. The third kappa shape index (κ3) is 23.2. The second-order valence-corrected chi connectivity index (χ2v) is 1.93. The van der Waals surface area contributed by atoms with Gasteiger partial charge in [-0.15, -0.1) is 0 Å². The zero-order valence-corrected chi connectivity index (χ0v) is 8.98. The van der Waals surface area contributed by atoms with Crippen molar-refractivity contribution in [2.75, 3.05) is 0 Å². The molecule has 0 heterocycles. The molecule has 0 rings (SSSR count). The first-order valence-corrected chi connectivity index (χ1v) is 4.86. The molecule has 0 aliphatic carbocycles. The number of hydrogen-bond acceptors (Lipinski definition) is 2. The van der Waals surface area contributed by atoms with Crippen LogP contribution in [0.1, 0.15) is 20.3 Å².